The van der Waals surface area contributed by atoms with Crippen LogP contribution in [0.5, 0.6) is 0 Å². The van der Waals surface area contributed by atoms with E-state index in [2.05, 4.69) is 0 Å². The van der Waals surface area contributed by atoms with Crippen LogP contribution >= 0.6 is 23.2 Å². The van der Waals surface area contributed by atoms with Gasteiger partial charge in [0.1, 0.15) is 0 Å². The lowest BCUT2D eigenvalue weighted by Crippen LogP contribution is -2.15. The molecule has 0 saturated heterocycles. The van der Waals surface area contributed by atoms with E-state index in [0.717, 1.165) is 11.1 Å². The summed E-state index contributed by atoms with van der Waals surface area (Å²) in [6, 6.07) is 5.21. The first kappa shape index (κ1) is 10.4. The number of hydrogen-bond donors (Lipinski definition) is 0. The van der Waals surface area contributed by atoms with Crippen molar-refractivity contribution in [3.63, 3.8) is 0 Å². The number of ketones is 1. The molecule has 0 aliphatic heterocycles. The van der Waals surface area contributed by atoms with Crippen LogP contribution in [0.1, 0.15) is 11.1 Å². The van der Waals surface area contributed by atoms with E-state index in [4.69, 9.17) is 23.2 Å². The number of rotatable bonds is 1. The van der Waals surface area contributed by atoms with Gasteiger partial charge in [-0.3, -0.25) is 9.59 Å². The molecule has 0 aromatic heterocycles. The Kier molecular flexibility index (Phi) is 2.63. The predicted molar refractivity (Wildman–Crippen MR) is 59.0 cm³/mol. The number of fused-ring (bicyclic) bond motifs is 1. The molecule has 0 spiro atoms. The van der Waals surface area contributed by atoms with Crippen molar-refractivity contribution in [2.45, 2.75) is 6.42 Å². The van der Waals surface area contributed by atoms with Crippen LogP contribution in [-0.4, -0.2) is 11.0 Å². The average Bonchev–Trinajstić information content (AvgIpc) is 2.17. The lowest BCUT2D eigenvalue weighted by Gasteiger charge is -2.13. The summed E-state index contributed by atoms with van der Waals surface area (Å²) in [7, 11) is 0. The molecule has 0 radical (unpaired) electrons. The molecule has 1 aromatic carbocycles. The molecule has 0 bridgehead atoms. The summed E-state index contributed by atoms with van der Waals surface area (Å²) in [5.74, 6) is -0.246. The quantitative estimate of drug-likeness (QED) is 0.559. The standard InChI is InChI=1S/C11H6Cl2O2/c12-8-2-1-6-5-10(14)9(11(13)15)4-7(6)3-8/h1-4H,5H2. The molecule has 0 heterocycles. The fourth-order valence-electron chi connectivity index (χ4n) is 1.53. The minimum atomic E-state index is -0.717. The third kappa shape index (κ3) is 1.96. The molecule has 1 aliphatic carbocycles. The SMILES string of the molecule is O=C(Cl)C1=Cc2cc(Cl)ccc2CC1=O. The second-order valence-electron chi connectivity index (χ2n) is 3.27. The monoisotopic (exact) mass is 240 g/mol. The van der Waals surface area contributed by atoms with Gasteiger partial charge in [0.05, 0.1) is 5.57 Å². The molecule has 2 rings (SSSR count). The lowest BCUT2D eigenvalue weighted by molar-refractivity contribution is -0.118. The third-order valence-corrected chi connectivity index (χ3v) is 2.71. The largest absolute Gasteiger partial charge is 0.294 e. The Labute approximate surface area is 96.5 Å². The number of carbonyl (C=O) groups excluding carboxylic acids is 2. The highest BCUT2D eigenvalue weighted by atomic mass is 35.5. The lowest BCUT2D eigenvalue weighted by atomic mass is 9.92. The topological polar surface area (TPSA) is 34.1 Å². The second-order valence-corrected chi connectivity index (χ2v) is 4.05. The maximum Gasteiger partial charge on any atom is 0.256 e. The highest BCUT2D eigenvalue weighted by molar-refractivity contribution is 6.71. The van der Waals surface area contributed by atoms with Gasteiger partial charge in [-0.1, -0.05) is 17.7 Å². The van der Waals surface area contributed by atoms with Crippen LogP contribution < -0.4 is 0 Å². The van der Waals surface area contributed by atoms with Crippen molar-refractivity contribution in [3.8, 4) is 0 Å². The van der Waals surface area contributed by atoms with Gasteiger partial charge in [-0.25, -0.2) is 0 Å². The Hall–Kier alpha value is -1.12. The summed E-state index contributed by atoms with van der Waals surface area (Å²) in [4.78, 5) is 22.4. The highest BCUT2D eigenvalue weighted by Gasteiger charge is 2.22. The zero-order valence-electron chi connectivity index (χ0n) is 7.59. The Morgan fingerprint density at radius 2 is 2.07 bits per heavy atom. The van der Waals surface area contributed by atoms with Crippen molar-refractivity contribution >= 4 is 40.3 Å². The van der Waals surface area contributed by atoms with Crippen LogP contribution in [0.15, 0.2) is 23.8 Å². The van der Waals surface area contributed by atoms with Gasteiger partial charge >= 0.3 is 0 Å². The molecular weight excluding hydrogens is 235 g/mol. The summed E-state index contributed by atoms with van der Waals surface area (Å²) in [6.45, 7) is 0. The normalized spacial score (nSPS) is 14.5. The Balaban J connectivity index is 2.56. The molecule has 0 saturated carbocycles. The summed E-state index contributed by atoms with van der Waals surface area (Å²) < 4.78 is 0. The molecular formula is C11H6Cl2O2. The molecule has 1 aliphatic rings. The summed E-state index contributed by atoms with van der Waals surface area (Å²) in [5, 5.41) is -0.147. The molecule has 1 aromatic rings. The Morgan fingerprint density at radius 1 is 1.33 bits per heavy atom. The smallest absolute Gasteiger partial charge is 0.256 e. The predicted octanol–water partition coefficient (Wildman–Crippen LogP) is 2.61. The van der Waals surface area contributed by atoms with Crippen LogP contribution in [0.3, 0.4) is 0 Å². The molecule has 0 fully saturated rings. The van der Waals surface area contributed by atoms with Crippen molar-refractivity contribution in [1.29, 1.82) is 0 Å². The van der Waals surface area contributed by atoms with Crippen LogP contribution in [-0.2, 0) is 16.0 Å². The summed E-state index contributed by atoms with van der Waals surface area (Å²) in [5.41, 5.74) is 1.68. The van der Waals surface area contributed by atoms with Crippen molar-refractivity contribution in [2.24, 2.45) is 0 Å². The van der Waals surface area contributed by atoms with E-state index in [1.807, 2.05) is 0 Å². The van der Waals surface area contributed by atoms with E-state index >= 15 is 0 Å². The first-order valence-corrected chi connectivity index (χ1v) is 5.06. The van der Waals surface area contributed by atoms with Crippen LogP contribution in [0, 0.1) is 0 Å². The van der Waals surface area contributed by atoms with Crippen molar-refractivity contribution in [3.05, 3.63) is 39.9 Å². The van der Waals surface area contributed by atoms with Gasteiger partial charge in [0.15, 0.2) is 5.78 Å². The van der Waals surface area contributed by atoms with E-state index in [1.54, 1.807) is 18.2 Å². The summed E-state index contributed by atoms with van der Waals surface area (Å²) >= 11 is 11.1. The fraction of sp³-hybridized carbons (Fsp3) is 0.0909. The highest BCUT2D eigenvalue weighted by Crippen LogP contribution is 2.25. The first-order valence-electron chi connectivity index (χ1n) is 4.31. The van der Waals surface area contributed by atoms with Crippen LogP contribution in [0.2, 0.25) is 5.02 Å². The maximum absolute atomic E-state index is 11.5. The van der Waals surface area contributed by atoms with Gasteiger partial charge < -0.3 is 0 Å². The zero-order valence-corrected chi connectivity index (χ0v) is 9.10. The van der Waals surface area contributed by atoms with Gasteiger partial charge in [0.2, 0.25) is 0 Å². The van der Waals surface area contributed by atoms with E-state index in [-0.39, 0.29) is 17.8 Å². The Bertz CT molecular complexity index is 489. The zero-order chi connectivity index (χ0) is 11.0. The van der Waals surface area contributed by atoms with E-state index in [0.29, 0.717) is 5.02 Å². The van der Waals surface area contributed by atoms with Gasteiger partial charge in [-0.15, -0.1) is 0 Å². The Morgan fingerprint density at radius 3 is 2.73 bits per heavy atom. The fourth-order valence-corrected chi connectivity index (χ4v) is 1.87. The van der Waals surface area contributed by atoms with Gasteiger partial charge in [-0.05, 0) is 40.9 Å². The van der Waals surface area contributed by atoms with Crippen molar-refractivity contribution in [2.75, 3.05) is 0 Å². The molecule has 2 nitrogen and oxygen atoms in total. The molecule has 0 atom stereocenters. The average molecular weight is 241 g/mol. The number of hydrogen-bond acceptors (Lipinski definition) is 2. The van der Waals surface area contributed by atoms with Crippen molar-refractivity contribution in [1.82, 2.24) is 0 Å². The number of benzene rings is 1. The molecule has 0 N–H and O–H groups in total. The second kappa shape index (κ2) is 3.80. The van der Waals surface area contributed by atoms with Crippen LogP contribution in [0.4, 0.5) is 0 Å². The van der Waals surface area contributed by atoms with Gasteiger partial charge in [0, 0.05) is 11.4 Å². The third-order valence-electron chi connectivity index (χ3n) is 2.27. The number of Topliss-reactive ketones (excluding diaryl/α,β-unsaturated/α-hetero) is 1. The minimum absolute atomic E-state index is 0.0337. The maximum atomic E-state index is 11.5. The molecule has 76 valence electrons. The number of allylic oxidation sites excluding steroid dienone is 1. The molecule has 4 heteroatoms. The van der Waals surface area contributed by atoms with E-state index in [9.17, 15) is 9.59 Å². The number of carbonyl (C=O) groups is 2. The minimum Gasteiger partial charge on any atom is -0.294 e. The van der Waals surface area contributed by atoms with E-state index in [1.165, 1.54) is 6.08 Å². The van der Waals surface area contributed by atoms with E-state index < -0.39 is 5.24 Å². The molecule has 0 unspecified atom stereocenters. The molecule has 0 amide bonds. The van der Waals surface area contributed by atoms with Crippen molar-refractivity contribution < 1.29 is 9.59 Å². The van der Waals surface area contributed by atoms with Gasteiger partial charge in [0.25, 0.3) is 5.24 Å². The number of halogens is 2. The van der Waals surface area contributed by atoms with Crippen LogP contribution in [0.25, 0.3) is 6.08 Å². The first-order chi connectivity index (χ1) is 7.08. The molecule has 15 heavy (non-hydrogen) atoms. The van der Waals surface area contributed by atoms with Gasteiger partial charge in [-0.2, -0.15) is 0 Å². The summed E-state index contributed by atoms with van der Waals surface area (Å²) in [6.07, 6.45) is 1.69.